The molecule has 0 spiro atoms. The van der Waals surface area contributed by atoms with Gasteiger partial charge < -0.3 is 14.6 Å². The van der Waals surface area contributed by atoms with Crippen molar-refractivity contribution in [2.75, 3.05) is 0 Å². The molecule has 2 N–H and O–H groups in total. The van der Waals surface area contributed by atoms with Gasteiger partial charge >= 0.3 is 0 Å². The Labute approximate surface area is 73.6 Å². The van der Waals surface area contributed by atoms with Crippen LogP contribution in [-0.4, -0.2) is 16.3 Å². The molecule has 1 aromatic rings. The van der Waals surface area contributed by atoms with Crippen LogP contribution < -0.4 is 0 Å². The van der Waals surface area contributed by atoms with Crippen molar-refractivity contribution in [1.29, 1.82) is 5.26 Å². The van der Waals surface area contributed by atoms with E-state index in [1.165, 1.54) is 18.2 Å². The first-order valence-electron chi connectivity index (χ1n) is 3.16. The van der Waals surface area contributed by atoms with Crippen molar-refractivity contribution in [3.05, 3.63) is 23.1 Å². The summed E-state index contributed by atoms with van der Waals surface area (Å²) in [4.78, 5) is 0. The van der Waals surface area contributed by atoms with Crippen molar-refractivity contribution < 1.29 is 14.6 Å². The summed E-state index contributed by atoms with van der Waals surface area (Å²) in [5, 5.41) is 26.4. The maximum Gasteiger partial charge on any atom is 0.193 e. The molecule has 4 nitrogen and oxygen atoms in total. The minimum absolute atomic E-state index is 0.0778. The number of nitrogens with zero attached hydrogens (tertiary/aromatic N) is 1. The maximum absolute atomic E-state index is 9.18. The Morgan fingerprint density at radius 1 is 1.50 bits per heavy atom. The molecule has 0 aromatic carbocycles. The third-order valence-corrected chi connectivity index (χ3v) is 1.52. The number of furan rings is 1. The number of nitriles is 1. The number of hydrogen-bond donors (Lipinski definition) is 2. The molecule has 1 heterocycles. The van der Waals surface area contributed by atoms with E-state index in [4.69, 9.17) is 26.4 Å². The third-order valence-electron chi connectivity index (χ3n) is 1.32. The van der Waals surface area contributed by atoms with Gasteiger partial charge in [0.05, 0.1) is 6.07 Å². The molecule has 0 aliphatic carbocycles. The number of rotatable bonds is 2. The summed E-state index contributed by atoms with van der Waals surface area (Å²) in [5.41, 5.74) is 0. The quantitative estimate of drug-likeness (QED) is 0.673. The molecule has 5 heteroatoms. The monoisotopic (exact) mass is 187 g/mol. The van der Waals surface area contributed by atoms with Gasteiger partial charge in [0.1, 0.15) is 5.76 Å². The van der Waals surface area contributed by atoms with Gasteiger partial charge in [-0.3, -0.25) is 0 Å². The van der Waals surface area contributed by atoms with E-state index in [2.05, 4.69) is 0 Å². The van der Waals surface area contributed by atoms with E-state index in [9.17, 15) is 5.11 Å². The van der Waals surface area contributed by atoms with Crippen LogP contribution >= 0.6 is 11.6 Å². The summed E-state index contributed by atoms with van der Waals surface area (Å²) in [5.74, 6) is 0.0778. The van der Waals surface area contributed by atoms with E-state index < -0.39 is 12.2 Å². The Morgan fingerprint density at radius 3 is 2.58 bits per heavy atom. The smallest absolute Gasteiger partial charge is 0.193 e. The highest BCUT2D eigenvalue weighted by Crippen LogP contribution is 2.21. The molecular formula is C7H6ClNO3. The Balaban J connectivity index is 2.79. The summed E-state index contributed by atoms with van der Waals surface area (Å²) >= 11 is 5.41. The molecule has 12 heavy (non-hydrogen) atoms. The minimum atomic E-state index is -1.49. The highest BCUT2D eigenvalue weighted by atomic mass is 35.5. The van der Waals surface area contributed by atoms with Gasteiger partial charge in [0.15, 0.2) is 17.4 Å². The lowest BCUT2D eigenvalue weighted by atomic mass is 10.2. The summed E-state index contributed by atoms with van der Waals surface area (Å²) in [6, 6.07) is 4.29. The molecule has 2 unspecified atom stereocenters. The van der Waals surface area contributed by atoms with Crippen molar-refractivity contribution in [2.24, 2.45) is 0 Å². The number of aliphatic hydroxyl groups excluding tert-OH is 2. The van der Waals surface area contributed by atoms with Crippen LogP contribution in [0, 0.1) is 11.3 Å². The maximum atomic E-state index is 9.18. The second-order valence-electron chi connectivity index (χ2n) is 2.16. The standard InChI is InChI=1S/C7H6ClNO3/c8-6-2-1-5(12-6)7(11)4(10)3-9/h1-2,4,7,10-11H. The van der Waals surface area contributed by atoms with E-state index >= 15 is 0 Å². The number of halogens is 1. The molecule has 1 rings (SSSR count). The highest BCUT2D eigenvalue weighted by molar-refractivity contribution is 6.28. The number of aliphatic hydroxyl groups is 2. The van der Waals surface area contributed by atoms with Gasteiger partial charge in [-0.15, -0.1) is 0 Å². The van der Waals surface area contributed by atoms with Crippen LogP contribution in [0.1, 0.15) is 11.9 Å². The molecule has 0 amide bonds. The summed E-state index contributed by atoms with van der Waals surface area (Å²) in [7, 11) is 0. The fourth-order valence-corrected chi connectivity index (χ4v) is 0.866. The van der Waals surface area contributed by atoms with Crippen LogP contribution in [0.5, 0.6) is 0 Å². The van der Waals surface area contributed by atoms with Crippen LogP contribution in [0.3, 0.4) is 0 Å². The summed E-state index contributed by atoms with van der Waals surface area (Å²) < 4.78 is 4.77. The van der Waals surface area contributed by atoms with Gasteiger partial charge in [0.2, 0.25) is 0 Å². The van der Waals surface area contributed by atoms with Gasteiger partial charge in [0, 0.05) is 0 Å². The first kappa shape index (κ1) is 9.07. The highest BCUT2D eigenvalue weighted by Gasteiger charge is 2.20. The van der Waals surface area contributed by atoms with Crippen LogP contribution in [0.25, 0.3) is 0 Å². The molecule has 0 bridgehead atoms. The largest absolute Gasteiger partial charge is 0.447 e. The Bertz CT molecular complexity index is 304. The fourth-order valence-electron chi connectivity index (χ4n) is 0.713. The van der Waals surface area contributed by atoms with Gasteiger partial charge in [0.25, 0.3) is 0 Å². The van der Waals surface area contributed by atoms with Crippen LogP contribution in [0.15, 0.2) is 16.5 Å². The first-order valence-corrected chi connectivity index (χ1v) is 3.54. The second kappa shape index (κ2) is 3.59. The van der Waals surface area contributed by atoms with Gasteiger partial charge in [-0.1, -0.05) is 0 Å². The summed E-state index contributed by atoms with van der Waals surface area (Å²) in [6.45, 7) is 0. The van der Waals surface area contributed by atoms with Gasteiger partial charge in [-0.05, 0) is 23.7 Å². The molecule has 2 atom stereocenters. The average Bonchev–Trinajstić information content (AvgIpc) is 2.49. The normalized spacial score (nSPS) is 15.2. The van der Waals surface area contributed by atoms with E-state index in [1.54, 1.807) is 0 Å². The Morgan fingerprint density at radius 2 is 2.17 bits per heavy atom. The van der Waals surface area contributed by atoms with Crippen molar-refractivity contribution in [3.8, 4) is 6.07 Å². The minimum Gasteiger partial charge on any atom is -0.447 e. The molecule has 0 aliphatic heterocycles. The molecule has 0 saturated heterocycles. The zero-order chi connectivity index (χ0) is 9.14. The molecule has 0 aliphatic rings. The Hall–Kier alpha value is -1.02. The van der Waals surface area contributed by atoms with Crippen LogP contribution in [0.2, 0.25) is 5.22 Å². The zero-order valence-corrected chi connectivity index (χ0v) is 6.69. The predicted octanol–water partition coefficient (Wildman–Crippen LogP) is 0.851. The van der Waals surface area contributed by atoms with Crippen LogP contribution in [0.4, 0.5) is 0 Å². The van der Waals surface area contributed by atoms with Gasteiger partial charge in [-0.2, -0.15) is 5.26 Å². The van der Waals surface area contributed by atoms with Crippen molar-refractivity contribution >= 4 is 11.6 Å². The third kappa shape index (κ3) is 1.77. The van der Waals surface area contributed by atoms with E-state index in [0.29, 0.717) is 0 Å². The van der Waals surface area contributed by atoms with Crippen molar-refractivity contribution in [1.82, 2.24) is 0 Å². The zero-order valence-electron chi connectivity index (χ0n) is 5.94. The lowest BCUT2D eigenvalue weighted by molar-refractivity contribution is 0.0378. The Kier molecular flexibility index (Phi) is 2.71. The molecule has 0 saturated carbocycles. The predicted molar refractivity (Wildman–Crippen MR) is 40.3 cm³/mol. The van der Waals surface area contributed by atoms with E-state index in [0.717, 1.165) is 0 Å². The topological polar surface area (TPSA) is 77.4 Å². The molecule has 0 radical (unpaired) electrons. The molecular weight excluding hydrogens is 182 g/mol. The molecule has 1 aromatic heterocycles. The fraction of sp³-hybridized carbons (Fsp3) is 0.286. The lowest BCUT2D eigenvalue weighted by Gasteiger charge is -2.06. The summed E-state index contributed by atoms with van der Waals surface area (Å²) in [6.07, 6.45) is -2.84. The second-order valence-corrected chi connectivity index (χ2v) is 2.53. The average molecular weight is 188 g/mol. The number of hydrogen-bond acceptors (Lipinski definition) is 4. The van der Waals surface area contributed by atoms with Gasteiger partial charge in [-0.25, -0.2) is 0 Å². The first-order chi connectivity index (χ1) is 5.65. The van der Waals surface area contributed by atoms with Crippen LogP contribution in [-0.2, 0) is 0 Å². The lowest BCUT2D eigenvalue weighted by Crippen LogP contribution is -2.14. The molecule has 64 valence electrons. The van der Waals surface area contributed by atoms with E-state index in [-0.39, 0.29) is 11.0 Å². The SMILES string of the molecule is N#CC(O)C(O)c1ccc(Cl)o1. The van der Waals surface area contributed by atoms with E-state index in [1.807, 2.05) is 0 Å². The molecule has 0 fully saturated rings. The van der Waals surface area contributed by atoms with Crippen molar-refractivity contribution in [3.63, 3.8) is 0 Å². The van der Waals surface area contributed by atoms with Crippen molar-refractivity contribution in [2.45, 2.75) is 12.2 Å².